The van der Waals surface area contributed by atoms with Crippen molar-refractivity contribution in [1.82, 2.24) is 9.55 Å². The number of aliphatic hydroxyl groups is 3. The van der Waals surface area contributed by atoms with Gasteiger partial charge in [0.25, 0.3) is 13.4 Å². The van der Waals surface area contributed by atoms with Gasteiger partial charge in [-0.1, -0.05) is 0 Å². The second kappa shape index (κ2) is 10.5. The quantitative estimate of drug-likeness (QED) is 0.169. The fourth-order valence-electron chi connectivity index (χ4n) is 1.87. The van der Waals surface area contributed by atoms with Crippen LogP contribution in [0.2, 0.25) is 0 Å². The van der Waals surface area contributed by atoms with E-state index in [1.165, 1.54) is 0 Å². The van der Waals surface area contributed by atoms with Crippen LogP contribution in [0.25, 0.3) is 0 Å². The molecular weight excluding hydrogens is 429 g/mol. The van der Waals surface area contributed by atoms with Crippen LogP contribution in [0, 0.1) is 0 Å². The van der Waals surface area contributed by atoms with E-state index < -0.39 is 58.0 Å². The first kappa shape index (κ1) is 26.8. The Bertz CT molecular complexity index is 794. The Morgan fingerprint density at radius 3 is 2.11 bits per heavy atom. The van der Waals surface area contributed by atoms with Crippen molar-refractivity contribution < 1.29 is 82.6 Å². The number of hydrogen-bond acceptors (Lipinski definition) is 10. The Morgan fingerprint density at radius 1 is 1.22 bits per heavy atom. The summed E-state index contributed by atoms with van der Waals surface area (Å²) >= 11 is 0. The van der Waals surface area contributed by atoms with E-state index >= 15 is 0 Å². The Hall–Kier alpha value is -0.220. The van der Waals surface area contributed by atoms with E-state index in [0.717, 1.165) is 16.8 Å². The van der Waals surface area contributed by atoms with Crippen molar-refractivity contribution in [2.24, 2.45) is 0 Å². The fraction of sp³-hybridized carbons (Fsp3) is 0.556. The van der Waals surface area contributed by atoms with E-state index in [4.69, 9.17) is 24.5 Å². The maximum atomic E-state index is 11.4. The van der Waals surface area contributed by atoms with Gasteiger partial charge in [0.2, 0.25) is 0 Å². The van der Waals surface area contributed by atoms with E-state index in [1.807, 2.05) is 4.98 Å². The number of rotatable bonds is 4. The van der Waals surface area contributed by atoms with Crippen LogP contribution in [0.3, 0.4) is 0 Å². The first-order valence-corrected chi connectivity index (χ1v) is 9.52. The molecule has 1 aromatic heterocycles. The smallest absolute Gasteiger partial charge is 0.756 e. The fourth-order valence-corrected chi connectivity index (χ4v) is 2.95. The molecule has 2 rings (SSSR count). The molecule has 7 N–H and O–H groups in total. The van der Waals surface area contributed by atoms with Crippen molar-refractivity contribution >= 4 is 15.6 Å². The summed E-state index contributed by atoms with van der Waals surface area (Å²) < 4.78 is 28.0. The van der Waals surface area contributed by atoms with Crippen molar-refractivity contribution in [3.8, 4) is 0 Å². The Balaban J connectivity index is 0.000000584. The molecule has 27 heavy (non-hydrogen) atoms. The predicted molar refractivity (Wildman–Crippen MR) is 77.3 cm³/mol. The maximum Gasteiger partial charge on any atom is 1.00 e. The van der Waals surface area contributed by atoms with E-state index in [2.05, 4.69) is 4.31 Å². The van der Waals surface area contributed by atoms with Crippen LogP contribution in [0.4, 0.5) is 0 Å². The van der Waals surface area contributed by atoms with Gasteiger partial charge < -0.3 is 39.6 Å². The van der Waals surface area contributed by atoms with Gasteiger partial charge in [-0.25, -0.2) is 13.7 Å². The van der Waals surface area contributed by atoms with Crippen LogP contribution in [-0.4, -0.2) is 64.5 Å². The molecule has 1 aliphatic rings. The zero-order valence-electron chi connectivity index (χ0n) is 13.6. The zero-order chi connectivity index (χ0) is 20.3. The molecule has 0 bridgehead atoms. The van der Waals surface area contributed by atoms with Gasteiger partial charge in [-0.15, -0.1) is 0 Å². The number of ether oxygens (including phenoxy) is 1. The van der Waals surface area contributed by atoms with E-state index in [9.17, 15) is 33.8 Å². The molecule has 1 saturated heterocycles. The minimum Gasteiger partial charge on any atom is -0.756 e. The molecule has 1 aliphatic heterocycles. The maximum absolute atomic E-state index is 11.4. The normalized spacial score (nSPS) is 27.1. The monoisotopic (exact) mass is 444 g/mol. The van der Waals surface area contributed by atoms with Crippen LogP contribution in [0.1, 0.15) is 6.23 Å². The van der Waals surface area contributed by atoms with Crippen molar-refractivity contribution in [3.05, 3.63) is 33.1 Å². The van der Waals surface area contributed by atoms with Crippen molar-refractivity contribution in [2.75, 3.05) is 6.61 Å². The van der Waals surface area contributed by atoms with E-state index in [-0.39, 0.29) is 29.6 Å². The van der Waals surface area contributed by atoms with Crippen molar-refractivity contribution in [2.45, 2.75) is 24.5 Å². The number of aromatic amines is 1. The summed E-state index contributed by atoms with van der Waals surface area (Å²) in [6, 6.07) is 1.09. The standard InChI is InChI=1S/C9H12N2O6.Na.H4O7P2/c12-3-4-6(14)7(15)8(17-4)11-2-1-5(13)10-9(11)16;;1-8(2,3)7-9(4,5)6/h1-2,4,6-8,12,14-15H,3H2,(H,10,13,16);;(H2,1,2,3)(H2,4,5,6)/q;+1;/p-1/t4-,6-,7-,8-;;/m1../s1. The van der Waals surface area contributed by atoms with Crippen LogP contribution in [-0.2, 0) is 18.2 Å². The van der Waals surface area contributed by atoms with Gasteiger partial charge in [-0.3, -0.25) is 18.9 Å². The molecule has 0 aromatic carbocycles. The molecule has 5 atom stereocenters. The number of nitrogens with zero attached hydrogens (tertiary/aromatic N) is 1. The van der Waals surface area contributed by atoms with Crippen LogP contribution in [0.15, 0.2) is 21.9 Å². The van der Waals surface area contributed by atoms with E-state index in [0.29, 0.717) is 0 Å². The molecule has 0 radical (unpaired) electrons. The minimum atomic E-state index is -5.30. The second-order valence-corrected chi connectivity index (χ2v) is 7.36. The molecule has 1 aromatic rings. The predicted octanol–water partition coefficient (Wildman–Crippen LogP) is -7.29. The Labute approximate surface area is 172 Å². The van der Waals surface area contributed by atoms with Crippen molar-refractivity contribution in [3.63, 3.8) is 0 Å². The van der Waals surface area contributed by atoms with Gasteiger partial charge in [-0.2, -0.15) is 0 Å². The SMILES string of the molecule is O=P([O-])(O)OP(=O)(O)O.O=c1ccn([C@@H]2O[C@H](CO)[C@@H](O)[C@H]2O)c(=O)[nH]1.[Na+]. The van der Waals surface area contributed by atoms with Gasteiger partial charge in [0, 0.05) is 12.3 Å². The van der Waals surface area contributed by atoms with Crippen LogP contribution in [0.5, 0.6) is 0 Å². The molecule has 15 nitrogen and oxygen atoms in total. The van der Waals surface area contributed by atoms with Crippen LogP contribution >= 0.6 is 15.6 Å². The average Bonchev–Trinajstić information content (AvgIpc) is 2.72. The summed E-state index contributed by atoms with van der Waals surface area (Å²) in [5.41, 5.74) is -1.33. The third kappa shape index (κ3) is 8.77. The Morgan fingerprint density at radius 2 is 1.78 bits per heavy atom. The Kier molecular flexibility index (Phi) is 10.4. The number of nitrogens with one attached hydrogen (secondary N) is 1. The topological polar surface area (TPSA) is 252 Å². The largest absolute Gasteiger partial charge is 1.00 e. The molecule has 0 spiro atoms. The van der Waals surface area contributed by atoms with Crippen molar-refractivity contribution in [1.29, 1.82) is 0 Å². The molecule has 1 unspecified atom stereocenters. The summed E-state index contributed by atoms with van der Waals surface area (Å²) in [5.74, 6) is 0. The third-order valence-electron chi connectivity index (χ3n) is 2.85. The summed E-state index contributed by atoms with van der Waals surface area (Å²) in [7, 11) is -10.4. The van der Waals surface area contributed by atoms with Crippen LogP contribution < -0.4 is 45.7 Å². The number of aromatic nitrogens is 2. The van der Waals surface area contributed by atoms with Gasteiger partial charge in [0.1, 0.15) is 18.3 Å². The van der Waals surface area contributed by atoms with Gasteiger partial charge in [-0.05, 0) is 0 Å². The molecule has 18 heteroatoms. The zero-order valence-corrected chi connectivity index (χ0v) is 17.3. The van der Waals surface area contributed by atoms with Gasteiger partial charge >= 0.3 is 43.1 Å². The number of phosphoric acid groups is 2. The summed E-state index contributed by atoms with van der Waals surface area (Å²) in [6.07, 6.45) is -3.58. The van der Waals surface area contributed by atoms with Gasteiger partial charge in [0.05, 0.1) is 6.61 Å². The van der Waals surface area contributed by atoms with E-state index in [1.54, 1.807) is 0 Å². The third-order valence-corrected chi connectivity index (χ3v) is 4.53. The molecule has 150 valence electrons. The second-order valence-electron chi connectivity index (χ2n) is 4.79. The average molecular weight is 444 g/mol. The summed E-state index contributed by atoms with van der Waals surface area (Å²) in [6.45, 7) is -0.479. The molecule has 0 aliphatic carbocycles. The molecule has 0 saturated carbocycles. The number of H-pyrrole nitrogens is 1. The summed E-state index contributed by atoms with van der Waals surface area (Å²) in [5, 5.41) is 28.1. The number of aliphatic hydroxyl groups excluding tert-OH is 3. The molecule has 0 amide bonds. The first-order valence-electron chi connectivity index (χ1n) is 6.50. The first-order chi connectivity index (χ1) is 11.7. The van der Waals surface area contributed by atoms with Gasteiger partial charge in [0.15, 0.2) is 6.23 Å². The molecular formula is C9H15N2NaO13P2. The number of hydrogen-bond donors (Lipinski definition) is 7. The molecule has 1 fully saturated rings. The minimum absolute atomic E-state index is 0. The summed E-state index contributed by atoms with van der Waals surface area (Å²) in [4.78, 5) is 56.9. The molecule has 2 heterocycles.